The largest absolute Gasteiger partial charge is 0.384 e. The quantitative estimate of drug-likeness (QED) is 0.916. The summed E-state index contributed by atoms with van der Waals surface area (Å²) < 4.78 is 2.26. The second kappa shape index (κ2) is 6.31. The summed E-state index contributed by atoms with van der Waals surface area (Å²) in [6, 6.07) is 6.60. The molecule has 0 saturated heterocycles. The molecule has 112 valence electrons. The fourth-order valence-electron chi connectivity index (χ4n) is 2.88. The summed E-state index contributed by atoms with van der Waals surface area (Å²) in [4.78, 5) is 6.69. The van der Waals surface area contributed by atoms with Gasteiger partial charge in [0, 0.05) is 30.9 Å². The van der Waals surface area contributed by atoms with Crippen LogP contribution in [0.2, 0.25) is 0 Å². The van der Waals surface area contributed by atoms with Crippen LogP contribution >= 0.6 is 0 Å². The summed E-state index contributed by atoms with van der Waals surface area (Å²) in [6.45, 7) is 6.35. The average molecular weight is 284 g/mol. The highest BCUT2D eigenvalue weighted by molar-refractivity contribution is 5.78. The van der Waals surface area contributed by atoms with Crippen LogP contribution in [0.1, 0.15) is 18.9 Å². The first-order valence-corrected chi connectivity index (χ1v) is 7.84. The highest BCUT2D eigenvalue weighted by atomic mass is 15.1. The van der Waals surface area contributed by atoms with Gasteiger partial charge in [-0.3, -0.25) is 0 Å². The zero-order chi connectivity index (χ0) is 14.7. The molecule has 0 fully saturated rings. The number of fused-ring (bicyclic) bond motifs is 1. The van der Waals surface area contributed by atoms with E-state index in [9.17, 15) is 0 Å². The van der Waals surface area contributed by atoms with E-state index in [2.05, 4.69) is 51.9 Å². The van der Waals surface area contributed by atoms with Crippen LogP contribution in [0.5, 0.6) is 0 Å². The fraction of sp³-hybridized carbons (Fsp3) is 0.471. The van der Waals surface area contributed by atoms with Crippen LogP contribution in [0.15, 0.2) is 30.7 Å². The lowest BCUT2D eigenvalue weighted by atomic mass is 9.98. The number of aryl methyl sites for hydroxylation is 1. The molecule has 1 aromatic heterocycles. The molecule has 0 aliphatic carbocycles. The van der Waals surface area contributed by atoms with E-state index in [4.69, 9.17) is 0 Å². The molecule has 0 radical (unpaired) electrons. The summed E-state index contributed by atoms with van der Waals surface area (Å²) in [7, 11) is 2.16. The molecule has 0 unspecified atom stereocenters. The Labute approximate surface area is 126 Å². The fourth-order valence-corrected chi connectivity index (χ4v) is 2.88. The van der Waals surface area contributed by atoms with Crippen molar-refractivity contribution in [2.24, 2.45) is 0 Å². The third-order valence-electron chi connectivity index (χ3n) is 4.33. The molecule has 1 aliphatic rings. The van der Waals surface area contributed by atoms with Gasteiger partial charge in [0.05, 0.1) is 18.2 Å². The zero-order valence-electron chi connectivity index (χ0n) is 13.0. The molecular formula is C17H24N4. The lowest BCUT2D eigenvalue weighted by molar-refractivity contribution is 0.336. The number of hydrogen-bond donors (Lipinski definition) is 1. The molecule has 0 atom stereocenters. The SMILES string of the molecule is CCN(C)CCn1cncc1-c1cccc2c1NCCC2. The topological polar surface area (TPSA) is 33.1 Å². The van der Waals surface area contributed by atoms with E-state index < -0.39 is 0 Å². The first-order chi connectivity index (χ1) is 10.3. The van der Waals surface area contributed by atoms with E-state index in [0.717, 1.165) is 26.2 Å². The Balaban J connectivity index is 1.89. The average Bonchev–Trinajstić information content (AvgIpc) is 3.00. The van der Waals surface area contributed by atoms with Gasteiger partial charge in [-0.25, -0.2) is 4.98 Å². The van der Waals surface area contributed by atoms with Crippen molar-refractivity contribution in [1.29, 1.82) is 0 Å². The minimum atomic E-state index is 0.976. The molecule has 2 heterocycles. The second-order valence-corrected chi connectivity index (χ2v) is 5.74. The van der Waals surface area contributed by atoms with Crippen molar-refractivity contribution in [3.05, 3.63) is 36.3 Å². The van der Waals surface area contributed by atoms with Gasteiger partial charge in [0.25, 0.3) is 0 Å². The maximum absolute atomic E-state index is 4.37. The molecule has 0 amide bonds. The van der Waals surface area contributed by atoms with Gasteiger partial charge in [0.15, 0.2) is 0 Å². The highest BCUT2D eigenvalue weighted by Crippen LogP contribution is 2.33. The molecule has 4 heteroatoms. The standard InChI is InChI=1S/C17H24N4/c1-3-20(2)10-11-21-13-18-12-16(21)15-8-4-6-14-7-5-9-19-17(14)15/h4,6,8,12-13,19H,3,5,7,9-11H2,1-2H3. The van der Waals surface area contributed by atoms with Crippen molar-refractivity contribution in [3.63, 3.8) is 0 Å². The maximum Gasteiger partial charge on any atom is 0.0951 e. The number of hydrogen-bond acceptors (Lipinski definition) is 3. The van der Waals surface area contributed by atoms with Gasteiger partial charge < -0.3 is 14.8 Å². The molecule has 0 saturated carbocycles. The Bertz CT molecular complexity index is 603. The summed E-state index contributed by atoms with van der Waals surface area (Å²) in [5, 5.41) is 3.57. The Hall–Kier alpha value is -1.81. The van der Waals surface area contributed by atoms with E-state index in [-0.39, 0.29) is 0 Å². The van der Waals surface area contributed by atoms with Gasteiger partial charge in [0.1, 0.15) is 0 Å². The van der Waals surface area contributed by atoms with Crippen LogP contribution in [0.4, 0.5) is 5.69 Å². The Morgan fingerprint density at radius 3 is 3.14 bits per heavy atom. The van der Waals surface area contributed by atoms with Gasteiger partial charge in [-0.05, 0) is 32.0 Å². The molecule has 3 rings (SSSR count). The molecule has 21 heavy (non-hydrogen) atoms. The number of nitrogens with zero attached hydrogens (tertiary/aromatic N) is 3. The summed E-state index contributed by atoms with van der Waals surface area (Å²) >= 11 is 0. The predicted molar refractivity (Wildman–Crippen MR) is 87.6 cm³/mol. The normalized spacial score (nSPS) is 14.0. The Morgan fingerprint density at radius 1 is 1.38 bits per heavy atom. The minimum absolute atomic E-state index is 0.976. The lowest BCUT2D eigenvalue weighted by Gasteiger charge is -2.22. The smallest absolute Gasteiger partial charge is 0.0951 e. The highest BCUT2D eigenvalue weighted by Gasteiger charge is 2.16. The number of likely N-dealkylation sites (N-methyl/N-ethyl adjacent to an activating group) is 1. The van der Waals surface area contributed by atoms with Gasteiger partial charge in [-0.1, -0.05) is 25.1 Å². The third kappa shape index (κ3) is 2.95. The van der Waals surface area contributed by atoms with Crippen LogP contribution in [0, 0.1) is 0 Å². The van der Waals surface area contributed by atoms with Crippen molar-refractivity contribution in [3.8, 4) is 11.3 Å². The Kier molecular flexibility index (Phi) is 4.25. The molecule has 0 bridgehead atoms. The third-order valence-corrected chi connectivity index (χ3v) is 4.33. The van der Waals surface area contributed by atoms with Gasteiger partial charge in [-0.15, -0.1) is 0 Å². The van der Waals surface area contributed by atoms with E-state index in [1.54, 1.807) is 0 Å². The number of rotatable bonds is 5. The lowest BCUT2D eigenvalue weighted by Crippen LogP contribution is -2.23. The molecule has 1 N–H and O–H groups in total. The van der Waals surface area contributed by atoms with Crippen molar-refractivity contribution < 1.29 is 0 Å². The van der Waals surface area contributed by atoms with E-state index >= 15 is 0 Å². The van der Waals surface area contributed by atoms with Crippen LogP contribution < -0.4 is 5.32 Å². The predicted octanol–water partition coefficient (Wildman–Crippen LogP) is 2.86. The summed E-state index contributed by atoms with van der Waals surface area (Å²) in [5.74, 6) is 0. The molecule has 1 aliphatic heterocycles. The van der Waals surface area contributed by atoms with E-state index in [1.165, 1.54) is 35.3 Å². The molecule has 2 aromatic rings. The van der Waals surface area contributed by atoms with Crippen molar-refractivity contribution in [1.82, 2.24) is 14.5 Å². The maximum atomic E-state index is 4.37. The first-order valence-electron chi connectivity index (χ1n) is 7.84. The van der Waals surface area contributed by atoms with Crippen LogP contribution in [0.25, 0.3) is 11.3 Å². The van der Waals surface area contributed by atoms with Crippen LogP contribution in [-0.2, 0) is 13.0 Å². The van der Waals surface area contributed by atoms with Crippen LogP contribution in [0.3, 0.4) is 0 Å². The number of anilines is 1. The molecular weight excluding hydrogens is 260 g/mol. The number of imidazole rings is 1. The molecule has 1 aromatic carbocycles. The van der Waals surface area contributed by atoms with Crippen molar-refractivity contribution in [2.45, 2.75) is 26.3 Å². The summed E-state index contributed by atoms with van der Waals surface area (Å²) in [5.41, 5.74) is 5.22. The molecule has 0 spiro atoms. The number of para-hydroxylation sites is 1. The van der Waals surface area contributed by atoms with E-state index in [1.807, 2.05) is 12.5 Å². The summed E-state index contributed by atoms with van der Waals surface area (Å²) in [6.07, 6.45) is 6.32. The second-order valence-electron chi connectivity index (χ2n) is 5.74. The van der Waals surface area contributed by atoms with Gasteiger partial charge in [-0.2, -0.15) is 0 Å². The van der Waals surface area contributed by atoms with Gasteiger partial charge in [0.2, 0.25) is 0 Å². The van der Waals surface area contributed by atoms with Crippen molar-refractivity contribution >= 4 is 5.69 Å². The number of aromatic nitrogens is 2. The van der Waals surface area contributed by atoms with Crippen LogP contribution in [-0.4, -0.2) is 41.1 Å². The first kappa shape index (κ1) is 14.1. The Morgan fingerprint density at radius 2 is 2.29 bits per heavy atom. The van der Waals surface area contributed by atoms with Gasteiger partial charge >= 0.3 is 0 Å². The zero-order valence-corrected chi connectivity index (χ0v) is 13.0. The monoisotopic (exact) mass is 284 g/mol. The number of benzene rings is 1. The van der Waals surface area contributed by atoms with Crippen molar-refractivity contribution in [2.75, 3.05) is 32.0 Å². The minimum Gasteiger partial charge on any atom is -0.384 e. The van der Waals surface area contributed by atoms with E-state index in [0.29, 0.717) is 0 Å². The molecule has 4 nitrogen and oxygen atoms in total. The number of nitrogens with one attached hydrogen (secondary N) is 1.